The van der Waals surface area contributed by atoms with Crippen LogP contribution >= 0.6 is 11.3 Å². The van der Waals surface area contributed by atoms with Crippen LogP contribution in [-0.2, 0) is 11.2 Å². The third-order valence-electron chi connectivity index (χ3n) is 6.22. The van der Waals surface area contributed by atoms with Crippen molar-refractivity contribution >= 4 is 34.0 Å². The molecule has 0 bridgehead atoms. The molecular formula is C25H26N4O2S. The van der Waals surface area contributed by atoms with Gasteiger partial charge in [-0.05, 0) is 43.5 Å². The molecule has 1 atom stereocenters. The average Bonchev–Trinajstić information content (AvgIpc) is 3.27. The van der Waals surface area contributed by atoms with Crippen molar-refractivity contribution in [1.29, 1.82) is 0 Å². The van der Waals surface area contributed by atoms with E-state index < -0.39 is 0 Å². The van der Waals surface area contributed by atoms with Gasteiger partial charge in [-0.15, -0.1) is 11.3 Å². The van der Waals surface area contributed by atoms with Crippen LogP contribution in [0.4, 0.5) is 10.8 Å². The van der Waals surface area contributed by atoms with Crippen molar-refractivity contribution < 1.29 is 9.59 Å². The first kappa shape index (κ1) is 20.7. The number of piperazine rings is 1. The largest absolute Gasteiger partial charge is 0.368 e. The maximum Gasteiger partial charge on any atom is 0.257 e. The number of carbonyl (C=O) groups is 2. The topological polar surface area (TPSA) is 65.5 Å². The van der Waals surface area contributed by atoms with Gasteiger partial charge in [-0.2, -0.15) is 0 Å². The molecule has 2 aliphatic rings. The van der Waals surface area contributed by atoms with E-state index in [0.29, 0.717) is 10.7 Å². The Labute approximate surface area is 191 Å². The molecule has 1 saturated heterocycles. The predicted octanol–water partition coefficient (Wildman–Crippen LogP) is 4.16. The summed E-state index contributed by atoms with van der Waals surface area (Å²) in [4.78, 5) is 36.1. The first-order valence-corrected chi connectivity index (χ1v) is 12.0. The van der Waals surface area contributed by atoms with Crippen LogP contribution in [0.25, 0.3) is 0 Å². The van der Waals surface area contributed by atoms with E-state index in [2.05, 4.69) is 22.3 Å². The fraction of sp³-hybridized carbons (Fsp3) is 0.320. The summed E-state index contributed by atoms with van der Waals surface area (Å²) in [6.07, 6.45) is 2.71. The van der Waals surface area contributed by atoms with Crippen LogP contribution in [0, 0.1) is 0 Å². The number of nitrogens with one attached hydrogen (secondary N) is 1. The van der Waals surface area contributed by atoms with Crippen molar-refractivity contribution in [3.8, 4) is 0 Å². The zero-order valence-corrected chi connectivity index (χ0v) is 18.7. The number of para-hydroxylation sites is 1. The number of benzene rings is 2. The zero-order chi connectivity index (χ0) is 21.9. The minimum absolute atomic E-state index is 0.170. The second-order valence-corrected chi connectivity index (χ2v) is 9.32. The van der Waals surface area contributed by atoms with E-state index in [-0.39, 0.29) is 17.7 Å². The van der Waals surface area contributed by atoms with E-state index in [1.165, 1.54) is 17.0 Å². The lowest BCUT2D eigenvalue weighted by molar-refractivity contribution is -0.133. The molecule has 32 heavy (non-hydrogen) atoms. The molecule has 3 aromatic rings. The Kier molecular flexibility index (Phi) is 5.90. The lowest BCUT2D eigenvalue weighted by atomic mass is 9.89. The Bertz CT molecular complexity index is 1090. The van der Waals surface area contributed by atoms with Gasteiger partial charge in [0.1, 0.15) is 0 Å². The van der Waals surface area contributed by atoms with Crippen LogP contribution in [0.2, 0.25) is 0 Å². The van der Waals surface area contributed by atoms with Crippen LogP contribution in [0.3, 0.4) is 0 Å². The fourth-order valence-corrected chi connectivity index (χ4v) is 5.58. The number of amides is 2. The number of aryl methyl sites for hydroxylation is 1. The van der Waals surface area contributed by atoms with Crippen molar-refractivity contribution in [3.05, 3.63) is 76.8 Å². The molecule has 0 saturated carbocycles. The van der Waals surface area contributed by atoms with Crippen molar-refractivity contribution in [1.82, 2.24) is 9.88 Å². The molecule has 164 valence electrons. The van der Waals surface area contributed by atoms with Crippen LogP contribution in [0.15, 0.2) is 60.7 Å². The van der Waals surface area contributed by atoms with Gasteiger partial charge in [-0.25, -0.2) is 4.98 Å². The van der Waals surface area contributed by atoms with Gasteiger partial charge in [0.15, 0.2) is 5.13 Å². The van der Waals surface area contributed by atoms with Gasteiger partial charge in [0, 0.05) is 42.3 Å². The van der Waals surface area contributed by atoms with Crippen LogP contribution in [0.5, 0.6) is 0 Å². The quantitative estimate of drug-likeness (QED) is 0.654. The first-order valence-electron chi connectivity index (χ1n) is 11.1. The highest BCUT2D eigenvalue weighted by Crippen LogP contribution is 2.38. The van der Waals surface area contributed by atoms with Crippen LogP contribution in [0.1, 0.15) is 39.7 Å². The van der Waals surface area contributed by atoms with Crippen LogP contribution in [-0.4, -0.2) is 47.9 Å². The SMILES string of the molecule is O=C(Nc1nc2c(s1)CCC[C@@H]2C(=O)N1CCN(c2ccccc2)CC1)c1ccccc1. The normalized spacial score (nSPS) is 18.2. The fourth-order valence-electron chi connectivity index (χ4n) is 4.52. The van der Waals surface area contributed by atoms with Gasteiger partial charge < -0.3 is 9.80 Å². The number of fused-ring (bicyclic) bond motifs is 1. The zero-order valence-electron chi connectivity index (χ0n) is 17.9. The summed E-state index contributed by atoms with van der Waals surface area (Å²) in [6, 6.07) is 19.5. The second kappa shape index (κ2) is 9.12. The Morgan fingerprint density at radius 3 is 2.34 bits per heavy atom. The molecule has 1 aromatic heterocycles. The standard InChI is InChI=1S/C25H26N4O2S/c30-23(18-8-3-1-4-9-18)27-25-26-22-20(12-7-13-21(22)32-25)24(31)29-16-14-28(15-17-29)19-10-5-2-6-11-19/h1-6,8-11,20H,7,12-17H2,(H,26,27,30)/t20-/m0/s1. The molecule has 1 N–H and O–H groups in total. The van der Waals surface area contributed by atoms with Crippen molar-refractivity contribution in [2.75, 3.05) is 36.4 Å². The third kappa shape index (κ3) is 4.25. The van der Waals surface area contributed by atoms with Gasteiger partial charge in [-0.3, -0.25) is 14.9 Å². The number of rotatable bonds is 4. The molecule has 1 aliphatic heterocycles. The van der Waals surface area contributed by atoms with E-state index >= 15 is 0 Å². The Hall–Kier alpha value is -3.19. The lowest BCUT2D eigenvalue weighted by Crippen LogP contribution is -2.50. The van der Waals surface area contributed by atoms with Crippen molar-refractivity contribution in [2.24, 2.45) is 0 Å². The van der Waals surface area contributed by atoms with Gasteiger partial charge in [0.2, 0.25) is 5.91 Å². The Morgan fingerprint density at radius 2 is 1.62 bits per heavy atom. The van der Waals surface area contributed by atoms with E-state index in [9.17, 15) is 9.59 Å². The molecule has 2 aromatic carbocycles. The van der Waals surface area contributed by atoms with Gasteiger partial charge >= 0.3 is 0 Å². The Balaban J connectivity index is 1.26. The molecule has 0 unspecified atom stereocenters. The molecule has 1 fully saturated rings. The summed E-state index contributed by atoms with van der Waals surface area (Å²) in [5.41, 5.74) is 2.67. The minimum Gasteiger partial charge on any atom is -0.368 e. The summed E-state index contributed by atoms with van der Waals surface area (Å²) in [7, 11) is 0. The minimum atomic E-state index is -0.208. The van der Waals surface area contributed by atoms with Crippen molar-refractivity contribution in [3.63, 3.8) is 0 Å². The van der Waals surface area contributed by atoms with Crippen LogP contribution < -0.4 is 10.2 Å². The van der Waals surface area contributed by atoms with E-state index in [0.717, 1.165) is 56.0 Å². The molecule has 6 nitrogen and oxygen atoms in total. The molecule has 0 spiro atoms. The lowest BCUT2D eigenvalue weighted by Gasteiger charge is -2.38. The van der Waals surface area contributed by atoms with Gasteiger partial charge in [0.25, 0.3) is 5.91 Å². The van der Waals surface area contributed by atoms with E-state index in [4.69, 9.17) is 4.98 Å². The monoisotopic (exact) mass is 446 g/mol. The number of hydrogen-bond donors (Lipinski definition) is 1. The third-order valence-corrected chi connectivity index (χ3v) is 7.27. The number of thiazole rings is 1. The highest BCUT2D eigenvalue weighted by molar-refractivity contribution is 7.16. The number of aromatic nitrogens is 1. The molecule has 2 amide bonds. The van der Waals surface area contributed by atoms with Gasteiger partial charge in [-0.1, -0.05) is 36.4 Å². The highest BCUT2D eigenvalue weighted by atomic mass is 32.1. The summed E-state index contributed by atoms with van der Waals surface area (Å²) >= 11 is 1.50. The average molecular weight is 447 g/mol. The number of carbonyl (C=O) groups excluding carboxylic acids is 2. The maximum atomic E-state index is 13.4. The van der Waals surface area contributed by atoms with E-state index in [1.54, 1.807) is 12.1 Å². The number of anilines is 2. The molecule has 7 heteroatoms. The molecular weight excluding hydrogens is 420 g/mol. The molecule has 1 aliphatic carbocycles. The maximum absolute atomic E-state index is 13.4. The van der Waals surface area contributed by atoms with E-state index in [1.807, 2.05) is 41.3 Å². The Morgan fingerprint density at radius 1 is 0.938 bits per heavy atom. The first-order chi connectivity index (χ1) is 15.7. The van der Waals surface area contributed by atoms with Crippen molar-refractivity contribution in [2.45, 2.75) is 25.2 Å². The second-order valence-electron chi connectivity index (χ2n) is 8.24. The molecule has 5 rings (SSSR count). The summed E-state index contributed by atoms with van der Waals surface area (Å²) in [5, 5.41) is 3.50. The molecule has 0 radical (unpaired) electrons. The summed E-state index contributed by atoms with van der Waals surface area (Å²) in [5.74, 6) is -0.206. The molecule has 2 heterocycles. The summed E-state index contributed by atoms with van der Waals surface area (Å²) < 4.78 is 0. The highest BCUT2D eigenvalue weighted by Gasteiger charge is 2.34. The number of nitrogens with zero attached hydrogens (tertiary/aromatic N) is 3. The summed E-state index contributed by atoms with van der Waals surface area (Å²) in [6.45, 7) is 3.12. The van der Waals surface area contributed by atoms with Gasteiger partial charge in [0.05, 0.1) is 11.6 Å². The predicted molar refractivity (Wildman–Crippen MR) is 127 cm³/mol. The smallest absolute Gasteiger partial charge is 0.257 e. The number of hydrogen-bond acceptors (Lipinski definition) is 5.